The summed E-state index contributed by atoms with van der Waals surface area (Å²) in [6.45, 7) is 5.65. The van der Waals surface area contributed by atoms with E-state index in [1.54, 1.807) is 38.3 Å². The van der Waals surface area contributed by atoms with Crippen molar-refractivity contribution in [1.29, 1.82) is 0 Å². The number of ether oxygens (including phenoxy) is 3. The van der Waals surface area contributed by atoms with Crippen molar-refractivity contribution >= 4 is 29.6 Å². The van der Waals surface area contributed by atoms with Crippen molar-refractivity contribution in [1.82, 2.24) is 4.90 Å². The summed E-state index contributed by atoms with van der Waals surface area (Å²) in [5.74, 6) is -1.34. The van der Waals surface area contributed by atoms with Crippen LogP contribution >= 0.6 is 0 Å². The second-order valence-corrected chi connectivity index (χ2v) is 10.9. The number of primary amides is 1. The monoisotopic (exact) mass is 602 g/mol. The second kappa shape index (κ2) is 16.8. The topological polar surface area (TPSA) is 176 Å². The van der Waals surface area contributed by atoms with Crippen LogP contribution in [-0.4, -0.2) is 97.7 Å². The summed E-state index contributed by atoms with van der Waals surface area (Å²) in [7, 11) is 6.70. The standard InChI is InChI=1S/C31H46N4O8/c1-18-10-8-13-25(42-7)29(43-31(32)40)20(3)16-19(2)27(37)24(41-6)12-9-11-21-26(33-14-15-35(4)5)23(36)17-22(28(21)38)34-30(18)39/h8,10,13-14,16-17,19,24-25,27,29,36-38H,9,11-12,15H2,1-7H3,(H2,32,40)(H,34,39)/t19-,24-,25-,27+,29-/m0/s1. The van der Waals surface area contributed by atoms with Crippen molar-refractivity contribution in [2.45, 2.75) is 64.4 Å². The zero-order chi connectivity index (χ0) is 32.3. The van der Waals surface area contributed by atoms with Crippen molar-refractivity contribution in [3.63, 3.8) is 0 Å². The number of aliphatic hydroxyl groups is 1. The molecule has 238 valence electrons. The molecule has 43 heavy (non-hydrogen) atoms. The van der Waals surface area contributed by atoms with E-state index in [1.165, 1.54) is 26.4 Å². The minimum atomic E-state index is -0.990. The van der Waals surface area contributed by atoms with Crippen molar-refractivity contribution in [3.05, 3.63) is 47.1 Å². The Morgan fingerprint density at radius 1 is 1.23 bits per heavy atom. The van der Waals surface area contributed by atoms with Gasteiger partial charge < -0.3 is 45.5 Å². The first-order valence-corrected chi connectivity index (χ1v) is 14.1. The third-order valence-electron chi connectivity index (χ3n) is 7.20. The number of carbonyl (C=O) groups is 2. The van der Waals surface area contributed by atoms with Gasteiger partial charge in [0.2, 0.25) is 0 Å². The molecule has 0 saturated carbocycles. The molecule has 0 aliphatic carbocycles. The number of aromatic hydroxyl groups is 2. The highest BCUT2D eigenvalue weighted by atomic mass is 16.6. The number of nitrogens with one attached hydrogen (secondary N) is 1. The SMILES string of the molecule is CO[C@H]1C=CC=C(C)C(=O)Nc2cc(O)c(N=CCN(C)C)c(c2O)CCC[C@H](OC)[C@H](O)[C@@H](C)C=C(C)[C@@H]1OC(N)=O. The van der Waals surface area contributed by atoms with Gasteiger partial charge >= 0.3 is 6.09 Å². The van der Waals surface area contributed by atoms with E-state index in [0.717, 1.165) is 0 Å². The van der Waals surface area contributed by atoms with Crippen LogP contribution < -0.4 is 11.1 Å². The number of anilines is 1. The van der Waals surface area contributed by atoms with Crippen molar-refractivity contribution < 1.29 is 39.1 Å². The number of hydrogen-bond acceptors (Lipinski definition) is 10. The molecular weight excluding hydrogens is 556 g/mol. The maximum atomic E-state index is 13.0. The maximum Gasteiger partial charge on any atom is 0.405 e. The molecule has 0 aromatic heterocycles. The number of aliphatic imine (C=N–C) groups is 1. The Kier molecular flexibility index (Phi) is 13.9. The van der Waals surface area contributed by atoms with E-state index >= 15 is 0 Å². The highest BCUT2D eigenvalue weighted by Gasteiger charge is 2.28. The molecule has 1 aliphatic rings. The summed E-state index contributed by atoms with van der Waals surface area (Å²) in [6.07, 6.45) is 5.08. The average Bonchev–Trinajstić information content (AvgIpc) is 2.94. The Bertz CT molecular complexity index is 1240. The minimum Gasteiger partial charge on any atom is -0.506 e. The summed E-state index contributed by atoms with van der Waals surface area (Å²) in [6, 6.07) is 1.26. The van der Waals surface area contributed by atoms with Crippen LogP contribution in [0.3, 0.4) is 0 Å². The molecule has 2 bridgehead atoms. The molecule has 5 atom stereocenters. The smallest absolute Gasteiger partial charge is 0.405 e. The van der Waals surface area contributed by atoms with E-state index in [2.05, 4.69) is 10.3 Å². The largest absolute Gasteiger partial charge is 0.506 e. The molecule has 0 fully saturated rings. The summed E-state index contributed by atoms with van der Waals surface area (Å²) >= 11 is 0. The van der Waals surface area contributed by atoms with E-state index in [4.69, 9.17) is 19.9 Å². The van der Waals surface area contributed by atoms with Gasteiger partial charge in [-0.25, -0.2) is 4.79 Å². The predicted octanol–water partition coefficient (Wildman–Crippen LogP) is 3.58. The molecular formula is C31H46N4O8. The summed E-state index contributed by atoms with van der Waals surface area (Å²) < 4.78 is 16.6. The number of phenolic OH excluding ortho intramolecular Hbond substituents is 2. The van der Waals surface area contributed by atoms with Crippen LogP contribution in [0.4, 0.5) is 16.2 Å². The number of rotatable bonds is 6. The lowest BCUT2D eigenvalue weighted by molar-refractivity contribution is -0.112. The van der Waals surface area contributed by atoms with E-state index in [-0.39, 0.29) is 34.9 Å². The molecule has 0 radical (unpaired) electrons. The zero-order valence-electron chi connectivity index (χ0n) is 26.0. The van der Waals surface area contributed by atoms with Gasteiger partial charge in [-0.3, -0.25) is 9.79 Å². The molecule has 0 saturated heterocycles. The molecule has 1 aromatic rings. The van der Waals surface area contributed by atoms with Gasteiger partial charge in [0.25, 0.3) is 5.91 Å². The number of carbonyl (C=O) groups excluding carboxylic acids is 2. The number of methoxy groups -OCH3 is 2. The number of nitrogens with zero attached hydrogens (tertiary/aromatic N) is 2. The fraction of sp³-hybridized carbons (Fsp3) is 0.516. The first-order valence-electron chi connectivity index (χ1n) is 14.1. The molecule has 1 aromatic carbocycles. The average molecular weight is 603 g/mol. The number of benzene rings is 1. The maximum absolute atomic E-state index is 13.0. The second-order valence-electron chi connectivity index (χ2n) is 10.9. The number of allylic oxidation sites excluding steroid dienone is 2. The first kappa shape index (κ1) is 35.5. The van der Waals surface area contributed by atoms with E-state index < -0.39 is 42.3 Å². The molecule has 0 spiro atoms. The quantitative estimate of drug-likeness (QED) is 0.141. The lowest BCUT2D eigenvalue weighted by Gasteiger charge is -2.28. The number of nitrogens with two attached hydrogens (primary N) is 1. The third-order valence-corrected chi connectivity index (χ3v) is 7.20. The highest BCUT2D eigenvalue weighted by Crippen LogP contribution is 2.43. The molecule has 0 unspecified atom stereocenters. The zero-order valence-corrected chi connectivity index (χ0v) is 26.0. The molecule has 12 nitrogen and oxygen atoms in total. The number of phenols is 2. The van der Waals surface area contributed by atoms with Crippen molar-refractivity contribution in [3.8, 4) is 11.5 Å². The van der Waals surface area contributed by atoms with Crippen molar-refractivity contribution in [2.24, 2.45) is 16.6 Å². The third kappa shape index (κ3) is 10.2. The highest BCUT2D eigenvalue weighted by molar-refractivity contribution is 6.04. The van der Waals surface area contributed by atoms with E-state index in [9.17, 15) is 24.9 Å². The lowest BCUT2D eigenvalue weighted by atomic mass is 9.91. The Morgan fingerprint density at radius 3 is 2.53 bits per heavy atom. The normalized spacial score (nSPS) is 24.5. The summed E-state index contributed by atoms with van der Waals surface area (Å²) in [4.78, 5) is 31.0. The van der Waals surface area contributed by atoms with Crippen LogP contribution in [0.1, 0.15) is 39.2 Å². The Labute approximate surface area is 253 Å². The summed E-state index contributed by atoms with van der Waals surface area (Å²) in [5.41, 5.74) is 6.82. The van der Waals surface area contributed by atoms with Crippen LogP contribution in [0.5, 0.6) is 11.5 Å². The first-order chi connectivity index (χ1) is 20.3. The number of amides is 2. The molecule has 6 N–H and O–H groups in total. The Morgan fingerprint density at radius 2 is 1.93 bits per heavy atom. The van der Waals surface area contributed by atoms with Gasteiger partial charge in [0.05, 0.1) is 17.9 Å². The van der Waals surface area contributed by atoms with Crippen LogP contribution in [0, 0.1) is 5.92 Å². The van der Waals surface area contributed by atoms with Gasteiger partial charge in [-0.15, -0.1) is 0 Å². The van der Waals surface area contributed by atoms with Gasteiger partial charge in [0.1, 0.15) is 23.3 Å². The Balaban J connectivity index is 2.62. The van der Waals surface area contributed by atoms with Crippen LogP contribution in [0.15, 0.2) is 46.5 Å². The van der Waals surface area contributed by atoms with Gasteiger partial charge in [-0.2, -0.15) is 0 Å². The Hall–Kier alpha value is -3.71. The minimum absolute atomic E-state index is 0.0279. The summed E-state index contributed by atoms with van der Waals surface area (Å²) in [5, 5.41) is 35.9. The van der Waals surface area contributed by atoms with E-state index in [0.29, 0.717) is 30.5 Å². The number of hydrogen-bond donors (Lipinski definition) is 5. The number of fused-ring (bicyclic) bond motifs is 2. The van der Waals surface area contributed by atoms with Gasteiger partial charge in [0, 0.05) is 50.1 Å². The molecule has 1 aliphatic heterocycles. The number of aliphatic hydroxyl groups excluding tert-OH is 1. The van der Waals surface area contributed by atoms with E-state index in [1.807, 2.05) is 25.9 Å². The molecule has 1 heterocycles. The molecule has 12 heteroatoms. The van der Waals surface area contributed by atoms with Gasteiger partial charge in [0.15, 0.2) is 6.10 Å². The fourth-order valence-electron chi connectivity index (χ4n) is 4.78. The van der Waals surface area contributed by atoms with Crippen LogP contribution in [0.25, 0.3) is 0 Å². The predicted molar refractivity (Wildman–Crippen MR) is 166 cm³/mol. The van der Waals surface area contributed by atoms with Crippen molar-refractivity contribution in [2.75, 3.05) is 40.2 Å². The van der Waals surface area contributed by atoms with Gasteiger partial charge in [-0.1, -0.05) is 31.2 Å². The van der Waals surface area contributed by atoms with Gasteiger partial charge in [-0.05, 0) is 52.8 Å². The van der Waals surface area contributed by atoms with Crippen LogP contribution in [-0.2, 0) is 25.4 Å². The molecule has 2 rings (SSSR count). The molecule has 2 amide bonds. The fourth-order valence-corrected chi connectivity index (χ4v) is 4.78. The van der Waals surface area contributed by atoms with Crippen LogP contribution in [0.2, 0.25) is 0 Å². The lowest BCUT2D eigenvalue weighted by Crippen LogP contribution is -2.36.